The van der Waals surface area contributed by atoms with Gasteiger partial charge in [-0.3, -0.25) is 4.79 Å². The molecular weight excluding hydrogens is 176 g/mol. The topological polar surface area (TPSA) is 26.3 Å². The van der Waals surface area contributed by atoms with Crippen LogP contribution in [0.2, 0.25) is 0 Å². The van der Waals surface area contributed by atoms with Crippen molar-refractivity contribution in [2.24, 2.45) is 0 Å². The number of aldehydes is 1. The molecule has 1 aromatic carbocycles. The Morgan fingerprint density at radius 1 is 1.50 bits per heavy atom. The van der Waals surface area contributed by atoms with Gasteiger partial charge in [-0.05, 0) is 31.9 Å². The zero-order chi connectivity index (χ0) is 10.6. The third-order valence-electron chi connectivity index (χ3n) is 2.25. The third kappa shape index (κ3) is 2.59. The summed E-state index contributed by atoms with van der Waals surface area (Å²) in [6.07, 6.45) is 1.99. The lowest BCUT2D eigenvalue weighted by atomic mass is 10.1. The lowest BCUT2D eigenvalue weighted by molar-refractivity contribution is 0.112. The largest absolute Gasteiger partial charge is 0.490 e. The maximum Gasteiger partial charge on any atom is 0.150 e. The second-order valence-corrected chi connectivity index (χ2v) is 3.48. The van der Waals surface area contributed by atoms with Crippen LogP contribution in [-0.4, -0.2) is 12.4 Å². The van der Waals surface area contributed by atoms with Crippen LogP contribution in [0.15, 0.2) is 18.2 Å². The monoisotopic (exact) mass is 192 g/mol. The van der Waals surface area contributed by atoms with Crippen LogP contribution in [0.4, 0.5) is 0 Å². The third-order valence-corrected chi connectivity index (χ3v) is 2.25. The van der Waals surface area contributed by atoms with E-state index in [0.29, 0.717) is 5.56 Å². The van der Waals surface area contributed by atoms with Gasteiger partial charge in [0.25, 0.3) is 0 Å². The van der Waals surface area contributed by atoms with E-state index in [0.717, 1.165) is 24.0 Å². The van der Waals surface area contributed by atoms with Crippen molar-refractivity contribution in [3.63, 3.8) is 0 Å². The molecule has 14 heavy (non-hydrogen) atoms. The molecule has 2 heteroatoms. The van der Waals surface area contributed by atoms with Crippen LogP contribution in [0, 0.1) is 6.92 Å². The quantitative estimate of drug-likeness (QED) is 0.685. The van der Waals surface area contributed by atoms with Crippen LogP contribution in [0.1, 0.15) is 36.2 Å². The van der Waals surface area contributed by atoms with Crippen molar-refractivity contribution in [1.29, 1.82) is 0 Å². The highest BCUT2D eigenvalue weighted by Crippen LogP contribution is 2.20. The molecule has 0 N–H and O–H groups in total. The highest BCUT2D eigenvalue weighted by Gasteiger charge is 2.04. The molecule has 0 aliphatic rings. The Morgan fingerprint density at radius 2 is 2.21 bits per heavy atom. The van der Waals surface area contributed by atoms with E-state index < -0.39 is 0 Å². The minimum Gasteiger partial charge on any atom is -0.490 e. The summed E-state index contributed by atoms with van der Waals surface area (Å²) in [6, 6.07) is 5.49. The molecule has 0 aromatic heterocycles. The standard InChI is InChI=1S/C12H16O2/c1-4-10(3)14-12-7-11(8-13)6-5-9(12)2/h5-8,10H,4H2,1-3H3. The second-order valence-electron chi connectivity index (χ2n) is 3.48. The molecule has 0 heterocycles. The van der Waals surface area contributed by atoms with Gasteiger partial charge < -0.3 is 4.74 Å². The lowest BCUT2D eigenvalue weighted by Gasteiger charge is -2.14. The minimum absolute atomic E-state index is 0.190. The van der Waals surface area contributed by atoms with Gasteiger partial charge in [0.15, 0.2) is 0 Å². The molecule has 1 atom stereocenters. The summed E-state index contributed by atoms with van der Waals surface area (Å²) < 4.78 is 5.68. The van der Waals surface area contributed by atoms with Gasteiger partial charge in [0.05, 0.1) is 6.10 Å². The number of carbonyl (C=O) groups excluding carboxylic acids is 1. The van der Waals surface area contributed by atoms with E-state index in [-0.39, 0.29) is 6.10 Å². The van der Waals surface area contributed by atoms with Crippen LogP contribution in [0.5, 0.6) is 5.75 Å². The highest BCUT2D eigenvalue weighted by atomic mass is 16.5. The SMILES string of the molecule is CCC(C)Oc1cc(C=O)ccc1C. The van der Waals surface area contributed by atoms with Crippen molar-refractivity contribution in [3.8, 4) is 5.75 Å². The molecule has 0 fully saturated rings. The van der Waals surface area contributed by atoms with Crippen molar-refractivity contribution in [2.45, 2.75) is 33.3 Å². The van der Waals surface area contributed by atoms with Gasteiger partial charge in [-0.1, -0.05) is 19.1 Å². The van der Waals surface area contributed by atoms with Gasteiger partial charge in [-0.25, -0.2) is 0 Å². The predicted molar refractivity (Wildman–Crippen MR) is 56.9 cm³/mol. The van der Waals surface area contributed by atoms with Crippen LogP contribution in [0.3, 0.4) is 0 Å². The summed E-state index contributed by atoms with van der Waals surface area (Å²) in [5, 5.41) is 0. The zero-order valence-electron chi connectivity index (χ0n) is 8.91. The molecule has 0 amide bonds. The Labute approximate surface area is 84.9 Å². The first-order valence-corrected chi connectivity index (χ1v) is 4.89. The van der Waals surface area contributed by atoms with Crippen molar-refractivity contribution in [2.75, 3.05) is 0 Å². The Hall–Kier alpha value is -1.31. The number of aryl methyl sites for hydroxylation is 1. The summed E-state index contributed by atoms with van der Waals surface area (Å²) in [5.41, 5.74) is 1.73. The molecule has 0 saturated carbocycles. The van der Waals surface area contributed by atoms with Gasteiger partial charge in [-0.15, -0.1) is 0 Å². The molecule has 0 spiro atoms. The van der Waals surface area contributed by atoms with Crippen LogP contribution >= 0.6 is 0 Å². The lowest BCUT2D eigenvalue weighted by Crippen LogP contribution is -2.10. The maximum absolute atomic E-state index is 10.6. The Balaban J connectivity index is 2.88. The van der Waals surface area contributed by atoms with Gasteiger partial charge in [0, 0.05) is 5.56 Å². The van der Waals surface area contributed by atoms with E-state index in [2.05, 4.69) is 6.92 Å². The van der Waals surface area contributed by atoms with Gasteiger partial charge >= 0.3 is 0 Å². The molecule has 0 radical (unpaired) electrons. The van der Waals surface area contributed by atoms with Crippen molar-refractivity contribution in [1.82, 2.24) is 0 Å². The molecular formula is C12H16O2. The fourth-order valence-electron chi connectivity index (χ4n) is 1.12. The molecule has 1 rings (SSSR count). The van der Waals surface area contributed by atoms with Crippen molar-refractivity contribution >= 4 is 6.29 Å². The Kier molecular flexibility index (Phi) is 3.69. The number of benzene rings is 1. The first-order chi connectivity index (χ1) is 6.67. The molecule has 0 saturated heterocycles. The maximum atomic E-state index is 10.6. The van der Waals surface area contributed by atoms with E-state index >= 15 is 0 Å². The summed E-state index contributed by atoms with van der Waals surface area (Å²) in [4.78, 5) is 10.6. The van der Waals surface area contributed by atoms with E-state index in [1.54, 1.807) is 12.1 Å². The van der Waals surface area contributed by atoms with Gasteiger partial charge in [0.2, 0.25) is 0 Å². The predicted octanol–water partition coefficient (Wildman–Crippen LogP) is 2.98. The smallest absolute Gasteiger partial charge is 0.150 e. The Morgan fingerprint density at radius 3 is 2.79 bits per heavy atom. The van der Waals surface area contributed by atoms with Crippen LogP contribution in [-0.2, 0) is 0 Å². The molecule has 1 aromatic rings. The first kappa shape index (κ1) is 10.8. The molecule has 2 nitrogen and oxygen atoms in total. The summed E-state index contributed by atoms with van der Waals surface area (Å²) >= 11 is 0. The molecule has 0 aliphatic carbocycles. The highest BCUT2D eigenvalue weighted by molar-refractivity contribution is 5.75. The molecule has 0 bridgehead atoms. The summed E-state index contributed by atoms with van der Waals surface area (Å²) in [5.74, 6) is 0.809. The molecule has 0 aliphatic heterocycles. The Bertz CT molecular complexity index is 318. The second kappa shape index (κ2) is 4.80. The number of ether oxygens (including phenoxy) is 1. The fraction of sp³-hybridized carbons (Fsp3) is 0.417. The van der Waals surface area contributed by atoms with Gasteiger partial charge in [0.1, 0.15) is 12.0 Å². The number of hydrogen-bond acceptors (Lipinski definition) is 2. The number of carbonyl (C=O) groups is 1. The van der Waals surface area contributed by atoms with Gasteiger partial charge in [-0.2, -0.15) is 0 Å². The number of hydrogen-bond donors (Lipinski definition) is 0. The zero-order valence-corrected chi connectivity index (χ0v) is 8.91. The molecule has 1 unspecified atom stereocenters. The van der Waals surface area contributed by atoms with E-state index in [4.69, 9.17) is 4.74 Å². The van der Waals surface area contributed by atoms with Crippen LogP contribution < -0.4 is 4.74 Å². The van der Waals surface area contributed by atoms with E-state index in [1.807, 2.05) is 19.9 Å². The first-order valence-electron chi connectivity index (χ1n) is 4.89. The average molecular weight is 192 g/mol. The van der Waals surface area contributed by atoms with Crippen LogP contribution in [0.25, 0.3) is 0 Å². The average Bonchev–Trinajstić information content (AvgIpc) is 2.21. The van der Waals surface area contributed by atoms with Crippen molar-refractivity contribution in [3.05, 3.63) is 29.3 Å². The van der Waals surface area contributed by atoms with Crippen molar-refractivity contribution < 1.29 is 9.53 Å². The van der Waals surface area contributed by atoms with E-state index in [1.165, 1.54) is 0 Å². The summed E-state index contributed by atoms with van der Waals surface area (Å²) in [7, 11) is 0. The minimum atomic E-state index is 0.190. The molecule has 76 valence electrons. The fourth-order valence-corrected chi connectivity index (χ4v) is 1.12. The normalized spacial score (nSPS) is 12.2. The number of rotatable bonds is 4. The van der Waals surface area contributed by atoms with E-state index in [9.17, 15) is 4.79 Å². The summed E-state index contributed by atoms with van der Waals surface area (Å²) in [6.45, 7) is 6.07.